The molecule has 0 radical (unpaired) electrons. The number of imidazole rings is 1. The molecule has 0 bridgehead atoms. The van der Waals surface area contributed by atoms with Gasteiger partial charge in [0, 0.05) is 0 Å². The average Bonchev–Trinajstić information content (AvgIpc) is 3.04. The Morgan fingerprint density at radius 2 is 2.00 bits per heavy atom. The van der Waals surface area contributed by atoms with E-state index in [0.29, 0.717) is 0 Å². The molecule has 0 saturated heterocycles. The predicted molar refractivity (Wildman–Crippen MR) is 82.5 cm³/mol. The Morgan fingerprint density at radius 3 is 2.71 bits per heavy atom. The first-order chi connectivity index (χ1) is 10.2. The molecule has 0 aliphatic carbocycles. The summed E-state index contributed by atoms with van der Waals surface area (Å²) in [5.41, 5.74) is 2.51. The first-order valence-electron chi connectivity index (χ1n) is 7.19. The van der Waals surface area contributed by atoms with Crippen molar-refractivity contribution in [1.82, 2.24) is 15.3 Å². The van der Waals surface area contributed by atoms with E-state index >= 15 is 0 Å². The summed E-state index contributed by atoms with van der Waals surface area (Å²) in [7, 11) is 0. The molecule has 3 rings (SSSR count). The van der Waals surface area contributed by atoms with Gasteiger partial charge in [0.15, 0.2) is 0 Å². The number of nitrogens with one attached hydrogen (secondary N) is 3. The molecule has 0 spiro atoms. The fourth-order valence-electron chi connectivity index (χ4n) is 2.51. The number of aryl methyl sites for hydroxylation is 1. The van der Waals surface area contributed by atoms with Gasteiger partial charge in [-0.15, -0.1) is 0 Å². The van der Waals surface area contributed by atoms with Crippen LogP contribution in [0.2, 0.25) is 0 Å². The summed E-state index contributed by atoms with van der Waals surface area (Å²) in [5, 5.41) is 3.49. The number of fused-ring (bicyclic) bond motifs is 1. The molecule has 0 saturated carbocycles. The van der Waals surface area contributed by atoms with Gasteiger partial charge < -0.3 is 19.7 Å². The molecular weight excluding hydrogens is 266 g/mol. The molecule has 0 amide bonds. The second-order valence-corrected chi connectivity index (χ2v) is 5.22. The van der Waals surface area contributed by atoms with Gasteiger partial charge in [-0.05, 0) is 49.7 Å². The van der Waals surface area contributed by atoms with Crippen LogP contribution in [-0.2, 0) is 0 Å². The summed E-state index contributed by atoms with van der Waals surface area (Å²) in [6.07, 6.45) is 1.04. The fraction of sp³-hybridized carbons (Fsp3) is 0.312. The lowest BCUT2D eigenvalue weighted by Gasteiger charge is -2.17. The summed E-state index contributed by atoms with van der Waals surface area (Å²) in [6.45, 7) is 4.96. The molecule has 110 valence electrons. The van der Waals surface area contributed by atoms with Gasteiger partial charge in [-0.25, -0.2) is 4.79 Å². The SMILES string of the molecule is CCCNC(c1ccc2[nH]c(=O)[nH]c2c1)c1ccc(C)o1. The van der Waals surface area contributed by atoms with E-state index in [2.05, 4.69) is 22.2 Å². The van der Waals surface area contributed by atoms with Crippen LogP contribution < -0.4 is 11.0 Å². The maximum Gasteiger partial charge on any atom is 0.323 e. The Morgan fingerprint density at radius 1 is 1.19 bits per heavy atom. The van der Waals surface area contributed by atoms with E-state index in [9.17, 15) is 4.79 Å². The van der Waals surface area contributed by atoms with Gasteiger partial charge in [0.25, 0.3) is 0 Å². The quantitative estimate of drug-likeness (QED) is 0.675. The molecule has 3 aromatic rings. The minimum atomic E-state index is -0.186. The van der Waals surface area contributed by atoms with Crippen LogP contribution in [-0.4, -0.2) is 16.5 Å². The van der Waals surface area contributed by atoms with Crippen molar-refractivity contribution in [2.24, 2.45) is 0 Å². The van der Waals surface area contributed by atoms with Crippen LogP contribution >= 0.6 is 0 Å². The Labute approximate surface area is 122 Å². The Balaban J connectivity index is 2.02. The molecule has 1 atom stereocenters. The third kappa shape index (κ3) is 2.78. The summed E-state index contributed by atoms with van der Waals surface area (Å²) < 4.78 is 5.77. The lowest BCUT2D eigenvalue weighted by Crippen LogP contribution is -2.22. The number of hydrogen-bond acceptors (Lipinski definition) is 3. The molecule has 3 N–H and O–H groups in total. The van der Waals surface area contributed by atoms with Gasteiger partial charge in [-0.2, -0.15) is 0 Å². The Kier molecular flexibility index (Phi) is 3.66. The maximum absolute atomic E-state index is 11.4. The zero-order valence-electron chi connectivity index (χ0n) is 12.2. The van der Waals surface area contributed by atoms with E-state index in [1.807, 2.05) is 37.3 Å². The van der Waals surface area contributed by atoms with Gasteiger partial charge in [0.05, 0.1) is 17.1 Å². The van der Waals surface area contributed by atoms with E-state index in [4.69, 9.17) is 4.42 Å². The molecule has 0 aliphatic heterocycles. The number of benzene rings is 1. The number of hydrogen-bond donors (Lipinski definition) is 3. The van der Waals surface area contributed by atoms with Crippen LogP contribution in [0.25, 0.3) is 11.0 Å². The minimum Gasteiger partial charge on any atom is -0.464 e. The van der Waals surface area contributed by atoms with Gasteiger partial charge in [-0.3, -0.25) is 0 Å². The van der Waals surface area contributed by atoms with Crippen LogP contribution in [0.3, 0.4) is 0 Å². The molecule has 2 aromatic heterocycles. The van der Waals surface area contributed by atoms with Crippen molar-refractivity contribution < 1.29 is 4.42 Å². The van der Waals surface area contributed by atoms with E-state index in [0.717, 1.165) is 41.1 Å². The first kappa shape index (κ1) is 13.7. The maximum atomic E-state index is 11.4. The normalized spacial score (nSPS) is 12.9. The van der Waals surface area contributed by atoms with Crippen LogP contribution in [0.5, 0.6) is 0 Å². The van der Waals surface area contributed by atoms with Crippen molar-refractivity contribution in [3.05, 3.63) is 57.9 Å². The highest BCUT2D eigenvalue weighted by Crippen LogP contribution is 2.25. The van der Waals surface area contributed by atoms with Crippen molar-refractivity contribution in [1.29, 1.82) is 0 Å². The van der Waals surface area contributed by atoms with E-state index in [-0.39, 0.29) is 11.7 Å². The molecule has 21 heavy (non-hydrogen) atoms. The monoisotopic (exact) mass is 285 g/mol. The topological polar surface area (TPSA) is 73.8 Å². The molecule has 5 nitrogen and oxygen atoms in total. The summed E-state index contributed by atoms with van der Waals surface area (Å²) in [5.74, 6) is 1.78. The van der Waals surface area contributed by atoms with Crippen LogP contribution in [0.15, 0.2) is 39.5 Å². The highest BCUT2D eigenvalue weighted by molar-refractivity contribution is 5.75. The number of furan rings is 1. The van der Waals surface area contributed by atoms with Crippen molar-refractivity contribution in [3.63, 3.8) is 0 Å². The molecule has 0 fully saturated rings. The fourth-order valence-corrected chi connectivity index (χ4v) is 2.51. The van der Waals surface area contributed by atoms with Crippen molar-refractivity contribution in [2.75, 3.05) is 6.54 Å². The number of aromatic nitrogens is 2. The third-order valence-corrected chi connectivity index (χ3v) is 3.52. The molecular formula is C16H19N3O2. The molecule has 1 aromatic carbocycles. The van der Waals surface area contributed by atoms with E-state index < -0.39 is 0 Å². The first-order valence-corrected chi connectivity index (χ1v) is 7.19. The second kappa shape index (κ2) is 5.61. The second-order valence-electron chi connectivity index (χ2n) is 5.22. The highest BCUT2D eigenvalue weighted by atomic mass is 16.3. The zero-order valence-corrected chi connectivity index (χ0v) is 12.2. The number of rotatable bonds is 5. The molecule has 5 heteroatoms. The van der Waals surface area contributed by atoms with Gasteiger partial charge in [0.2, 0.25) is 0 Å². The largest absolute Gasteiger partial charge is 0.464 e. The Bertz CT molecular complexity index is 797. The molecule has 2 heterocycles. The van der Waals surface area contributed by atoms with Gasteiger partial charge >= 0.3 is 5.69 Å². The van der Waals surface area contributed by atoms with E-state index in [1.165, 1.54) is 0 Å². The van der Waals surface area contributed by atoms with Crippen molar-refractivity contribution >= 4 is 11.0 Å². The average molecular weight is 285 g/mol. The number of H-pyrrole nitrogens is 2. The van der Waals surface area contributed by atoms with Crippen LogP contribution in [0, 0.1) is 6.92 Å². The van der Waals surface area contributed by atoms with E-state index in [1.54, 1.807) is 0 Å². The summed E-state index contributed by atoms with van der Waals surface area (Å²) in [6, 6.07) is 9.86. The van der Waals surface area contributed by atoms with Crippen molar-refractivity contribution in [3.8, 4) is 0 Å². The standard InChI is InChI=1S/C16H19N3O2/c1-3-8-17-15(14-7-4-10(2)21-14)11-5-6-12-13(9-11)19-16(20)18-12/h4-7,9,15,17H,3,8H2,1-2H3,(H2,18,19,20). The van der Waals surface area contributed by atoms with Gasteiger partial charge in [-0.1, -0.05) is 13.0 Å². The minimum absolute atomic E-state index is 0.0125. The highest BCUT2D eigenvalue weighted by Gasteiger charge is 2.17. The summed E-state index contributed by atoms with van der Waals surface area (Å²) in [4.78, 5) is 16.9. The molecule has 0 aliphatic rings. The summed E-state index contributed by atoms with van der Waals surface area (Å²) >= 11 is 0. The number of aromatic amines is 2. The zero-order chi connectivity index (χ0) is 14.8. The lowest BCUT2D eigenvalue weighted by atomic mass is 10.0. The van der Waals surface area contributed by atoms with Crippen LogP contribution in [0.1, 0.15) is 36.5 Å². The lowest BCUT2D eigenvalue weighted by molar-refractivity contribution is 0.430. The third-order valence-electron chi connectivity index (χ3n) is 3.52. The molecule has 1 unspecified atom stereocenters. The Hall–Kier alpha value is -2.27. The van der Waals surface area contributed by atoms with Crippen LogP contribution in [0.4, 0.5) is 0 Å². The smallest absolute Gasteiger partial charge is 0.323 e. The predicted octanol–water partition coefficient (Wildman–Crippen LogP) is 2.85. The van der Waals surface area contributed by atoms with Gasteiger partial charge in [0.1, 0.15) is 11.5 Å². The van der Waals surface area contributed by atoms with Crippen molar-refractivity contribution in [2.45, 2.75) is 26.3 Å².